The second-order valence-electron chi connectivity index (χ2n) is 4.78. The molecule has 0 spiro atoms. The van der Waals surface area contributed by atoms with Crippen LogP contribution >= 0.6 is 0 Å². The summed E-state index contributed by atoms with van der Waals surface area (Å²) in [5.74, 6) is 0.855. The van der Waals surface area contributed by atoms with Crippen LogP contribution in [0.1, 0.15) is 53.9 Å². The molecule has 0 heteroatoms. The molecule has 1 saturated carbocycles. The highest BCUT2D eigenvalue weighted by Crippen LogP contribution is 2.36. The fourth-order valence-corrected chi connectivity index (χ4v) is 2.73. The minimum absolute atomic E-state index is 0.855. The fourth-order valence-electron chi connectivity index (χ4n) is 2.73. The Kier molecular flexibility index (Phi) is 2.62. The number of benzene rings is 1. The van der Waals surface area contributed by atoms with Gasteiger partial charge >= 0.3 is 0 Å². The summed E-state index contributed by atoms with van der Waals surface area (Å²) in [6.07, 6.45) is 5.67. The van der Waals surface area contributed by atoms with Crippen molar-refractivity contribution < 1.29 is 0 Å². The normalized spacial score (nSPS) is 17.6. The average Bonchev–Trinajstić information content (AvgIpc) is 2.63. The van der Waals surface area contributed by atoms with Crippen molar-refractivity contribution >= 4 is 0 Å². The van der Waals surface area contributed by atoms with Crippen molar-refractivity contribution in [3.63, 3.8) is 0 Å². The van der Waals surface area contributed by atoms with Crippen LogP contribution in [0.25, 0.3) is 0 Å². The molecule has 76 valence electrons. The standard InChI is InChI=1S/C14H20/c1-10-8-11(2)12(3)14(9-10)13-6-4-5-7-13/h8-9,13H,4-7H2,1-3H3. The highest BCUT2D eigenvalue weighted by Gasteiger charge is 2.19. The molecular weight excluding hydrogens is 168 g/mol. The van der Waals surface area contributed by atoms with Gasteiger partial charge < -0.3 is 0 Å². The topological polar surface area (TPSA) is 0 Å². The lowest BCUT2D eigenvalue weighted by Crippen LogP contribution is -1.98. The summed E-state index contributed by atoms with van der Waals surface area (Å²) in [6.45, 7) is 6.73. The third-order valence-corrected chi connectivity index (χ3v) is 3.65. The van der Waals surface area contributed by atoms with Crippen LogP contribution in [0.5, 0.6) is 0 Å². The molecule has 0 aliphatic heterocycles. The molecule has 1 aliphatic carbocycles. The van der Waals surface area contributed by atoms with E-state index < -0.39 is 0 Å². The van der Waals surface area contributed by atoms with E-state index >= 15 is 0 Å². The van der Waals surface area contributed by atoms with E-state index in [1.54, 1.807) is 5.56 Å². The van der Waals surface area contributed by atoms with Crippen LogP contribution in [0.3, 0.4) is 0 Å². The molecule has 0 saturated heterocycles. The largest absolute Gasteiger partial charge is 0.0561 e. The number of rotatable bonds is 1. The van der Waals surface area contributed by atoms with Gasteiger partial charge in [0, 0.05) is 0 Å². The van der Waals surface area contributed by atoms with Crippen molar-refractivity contribution in [1.29, 1.82) is 0 Å². The second kappa shape index (κ2) is 3.76. The first-order valence-corrected chi connectivity index (χ1v) is 5.76. The lowest BCUT2D eigenvalue weighted by atomic mass is 9.89. The lowest BCUT2D eigenvalue weighted by Gasteiger charge is -2.16. The SMILES string of the molecule is Cc1cc(C)c(C)c(C2CCCC2)c1. The van der Waals surface area contributed by atoms with E-state index in [0.29, 0.717) is 0 Å². The smallest absolute Gasteiger partial charge is 0.0159 e. The van der Waals surface area contributed by atoms with Gasteiger partial charge in [0.1, 0.15) is 0 Å². The van der Waals surface area contributed by atoms with Gasteiger partial charge in [-0.15, -0.1) is 0 Å². The predicted molar refractivity (Wildman–Crippen MR) is 61.9 cm³/mol. The Labute approximate surface area is 87.3 Å². The van der Waals surface area contributed by atoms with Crippen LogP contribution in [-0.4, -0.2) is 0 Å². The van der Waals surface area contributed by atoms with Crippen LogP contribution in [0.2, 0.25) is 0 Å². The molecule has 0 N–H and O–H groups in total. The third-order valence-electron chi connectivity index (χ3n) is 3.65. The monoisotopic (exact) mass is 188 g/mol. The number of aryl methyl sites for hydroxylation is 2. The molecule has 0 radical (unpaired) electrons. The zero-order valence-corrected chi connectivity index (χ0v) is 9.56. The van der Waals surface area contributed by atoms with Crippen LogP contribution in [0, 0.1) is 20.8 Å². The summed E-state index contributed by atoms with van der Waals surface area (Å²) in [5, 5.41) is 0. The first-order chi connectivity index (χ1) is 6.68. The quantitative estimate of drug-likeness (QED) is 0.617. The summed E-state index contributed by atoms with van der Waals surface area (Å²) < 4.78 is 0. The average molecular weight is 188 g/mol. The van der Waals surface area contributed by atoms with Crippen molar-refractivity contribution in [1.82, 2.24) is 0 Å². The maximum atomic E-state index is 2.40. The minimum atomic E-state index is 0.855. The van der Waals surface area contributed by atoms with Crippen molar-refractivity contribution in [3.8, 4) is 0 Å². The van der Waals surface area contributed by atoms with Crippen molar-refractivity contribution in [2.45, 2.75) is 52.4 Å². The number of hydrogen-bond acceptors (Lipinski definition) is 0. The van der Waals surface area contributed by atoms with Gasteiger partial charge in [0.2, 0.25) is 0 Å². The first-order valence-electron chi connectivity index (χ1n) is 5.76. The van der Waals surface area contributed by atoms with Gasteiger partial charge in [-0.1, -0.05) is 30.5 Å². The molecular formula is C14H20. The van der Waals surface area contributed by atoms with E-state index in [2.05, 4.69) is 32.9 Å². The molecule has 0 unspecified atom stereocenters. The van der Waals surface area contributed by atoms with E-state index in [1.807, 2.05) is 0 Å². The predicted octanol–water partition coefficient (Wildman–Crippen LogP) is 4.27. The molecule has 1 fully saturated rings. The van der Waals surface area contributed by atoms with Gasteiger partial charge in [0.15, 0.2) is 0 Å². The fraction of sp³-hybridized carbons (Fsp3) is 0.571. The summed E-state index contributed by atoms with van der Waals surface area (Å²) in [6, 6.07) is 4.70. The Hall–Kier alpha value is -0.780. The summed E-state index contributed by atoms with van der Waals surface area (Å²) in [7, 11) is 0. The van der Waals surface area contributed by atoms with E-state index in [0.717, 1.165) is 5.92 Å². The van der Waals surface area contributed by atoms with Crippen molar-refractivity contribution in [3.05, 3.63) is 34.4 Å². The molecule has 0 amide bonds. The molecule has 1 aromatic rings. The molecule has 1 aliphatic rings. The lowest BCUT2D eigenvalue weighted by molar-refractivity contribution is 0.716. The Morgan fingerprint density at radius 1 is 1.00 bits per heavy atom. The van der Waals surface area contributed by atoms with Crippen LogP contribution in [-0.2, 0) is 0 Å². The van der Waals surface area contributed by atoms with Crippen molar-refractivity contribution in [2.24, 2.45) is 0 Å². The van der Waals surface area contributed by atoms with E-state index in [1.165, 1.54) is 42.4 Å². The third kappa shape index (κ3) is 1.70. The zero-order valence-electron chi connectivity index (χ0n) is 9.56. The molecule has 0 nitrogen and oxygen atoms in total. The minimum Gasteiger partial charge on any atom is -0.0561 e. The molecule has 0 atom stereocenters. The Morgan fingerprint density at radius 2 is 1.64 bits per heavy atom. The summed E-state index contributed by atoms with van der Waals surface area (Å²) in [4.78, 5) is 0. The molecule has 0 heterocycles. The van der Waals surface area contributed by atoms with Crippen LogP contribution in [0.4, 0.5) is 0 Å². The van der Waals surface area contributed by atoms with E-state index in [-0.39, 0.29) is 0 Å². The molecule has 0 bridgehead atoms. The first kappa shape index (κ1) is 9.76. The van der Waals surface area contributed by atoms with E-state index in [4.69, 9.17) is 0 Å². The van der Waals surface area contributed by atoms with Gasteiger partial charge in [-0.25, -0.2) is 0 Å². The highest BCUT2D eigenvalue weighted by atomic mass is 14.2. The van der Waals surface area contributed by atoms with Gasteiger partial charge in [0.25, 0.3) is 0 Å². The van der Waals surface area contributed by atoms with E-state index in [9.17, 15) is 0 Å². The second-order valence-corrected chi connectivity index (χ2v) is 4.78. The van der Waals surface area contributed by atoms with Gasteiger partial charge in [-0.3, -0.25) is 0 Å². The maximum absolute atomic E-state index is 2.40. The molecule has 1 aromatic carbocycles. The molecule has 14 heavy (non-hydrogen) atoms. The summed E-state index contributed by atoms with van der Waals surface area (Å²) in [5.41, 5.74) is 6.05. The Morgan fingerprint density at radius 3 is 2.29 bits per heavy atom. The summed E-state index contributed by atoms with van der Waals surface area (Å²) >= 11 is 0. The van der Waals surface area contributed by atoms with Gasteiger partial charge in [0.05, 0.1) is 0 Å². The maximum Gasteiger partial charge on any atom is -0.0159 e. The highest BCUT2D eigenvalue weighted by molar-refractivity contribution is 5.39. The van der Waals surface area contributed by atoms with Crippen molar-refractivity contribution in [2.75, 3.05) is 0 Å². The van der Waals surface area contributed by atoms with Crippen LogP contribution < -0.4 is 0 Å². The van der Waals surface area contributed by atoms with Gasteiger partial charge in [-0.05, 0) is 56.2 Å². The Bertz CT molecular complexity index is 330. The number of hydrogen-bond donors (Lipinski definition) is 0. The zero-order chi connectivity index (χ0) is 10.1. The van der Waals surface area contributed by atoms with Gasteiger partial charge in [-0.2, -0.15) is 0 Å². The molecule has 0 aromatic heterocycles. The Balaban J connectivity index is 2.40. The molecule has 2 rings (SSSR count). The van der Waals surface area contributed by atoms with Crippen LogP contribution in [0.15, 0.2) is 12.1 Å².